The first-order valence-electron chi connectivity index (χ1n) is 24.3. The second kappa shape index (κ2) is 29.7. The third kappa shape index (κ3) is 15.3. The van der Waals surface area contributed by atoms with Gasteiger partial charge >= 0.3 is 6.97 Å². The zero-order valence-corrected chi connectivity index (χ0v) is 43.0. The Morgan fingerprint density at radius 2 is 1.00 bits per heavy atom. The average Bonchev–Trinajstić information content (AvgIpc) is 3.80. The Morgan fingerprint density at radius 1 is 0.562 bits per heavy atom. The van der Waals surface area contributed by atoms with Gasteiger partial charge in [-0.2, -0.15) is 0 Å². The van der Waals surface area contributed by atoms with E-state index in [1.165, 1.54) is 0 Å². The van der Waals surface area contributed by atoms with Crippen LogP contribution < -0.4 is 14.2 Å². The van der Waals surface area contributed by atoms with Crippen molar-refractivity contribution in [3.05, 3.63) is 117 Å². The van der Waals surface area contributed by atoms with Crippen LogP contribution in [0.25, 0.3) is 5.57 Å². The van der Waals surface area contributed by atoms with Gasteiger partial charge in [-0.1, -0.05) is 23.7 Å². The van der Waals surface area contributed by atoms with Crippen molar-refractivity contribution in [3.8, 4) is 40.9 Å². The predicted molar refractivity (Wildman–Crippen MR) is 272 cm³/mol. The van der Waals surface area contributed by atoms with E-state index < -0.39 is 6.97 Å². The van der Waals surface area contributed by atoms with E-state index in [2.05, 4.69) is 33.6 Å². The average molecular weight is 1010 g/mol. The van der Waals surface area contributed by atoms with Gasteiger partial charge in [0, 0.05) is 86.7 Å². The third-order valence-corrected chi connectivity index (χ3v) is 11.6. The van der Waals surface area contributed by atoms with Crippen LogP contribution in [0.1, 0.15) is 53.1 Å². The molecule has 0 radical (unpaired) electrons. The fourth-order valence-corrected chi connectivity index (χ4v) is 8.22. The van der Waals surface area contributed by atoms with Gasteiger partial charge in [0.25, 0.3) is 0 Å². The number of hydrogen-bond acceptors (Lipinski definition) is 14. The topological polar surface area (TPSA) is 144 Å². The molecule has 0 unspecified atom stereocenters. The molecular formula is C54H67BF2N4O12. The highest BCUT2D eigenvalue weighted by Crippen LogP contribution is 2.49. The number of hydrogen-bond donors (Lipinski definition) is 0. The maximum atomic E-state index is 17.9. The van der Waals surface area contributed by atoms with Gasteiger partial charge in [-0.3, -0.25) is 9.97 Å². The molecule has 73 heavy (non-hydrogen) atoms. The van der Waals surface area contributed by atoms with Crippen molar-refractivity contribution in [2.24, 2.45) is 0 Å². The Balaban J connectivity index is 1.48. The molecule has 4 aromatic rings. The van der Waals surface area contributed by atoms with Gasteiger partial charge in [-0.15, -0.1) is 0 Å². The van der Waals surface area contributed by atoms with Crippen molar-refractivity contribution in [3.63, 3.8) is 0 Å². The number of allylic oxidation sites excluding steroid dienone is 2. The van der Waals surface area contributed by atoms with Crippen LogP contribution in [0.3, 0.4) is 0 Å². The molecule has 0 saturated heterocycles. The van der Waals surface area contributed by atoms with E-state index >= 15 is 8.63 Å². The van der Waals surface area contributed by atoms with Crippen molar-refractivity contribution in [1.82, 2.24) is 14.4 Å². The summed E-state index contributed by atoms with van der Waals surface area (Å²) in [5.41, 5.74) is 5.54. The highest BCUT2D eigenvalue weighted by Gasteiger charge is 2.57. The van der Waals surface area contributed by atoms with Crippen molar-refractivity contribution >= 4 is 18.3 Å². The van der Waals surface area contributed by atoms with E-state index in [0.29, 0.717) is 135 Å². The lowest BCUT2D eigenvalue weighted by atomic mass is 9.83. The van der Waals surface area contributed by atoms with Crippen LogP contribution >= 0.6 is 0 Å². The van der Waals surface area contributed by atoms with Crippen molar-refractivity contribution in [2.45, 2.75) is 27.7 Å². The molecule has 0 N–H and O–H groups in total. The first kappa shape index (κ1) is 56.3. The minimum absolute atomic E-state index is 0.0977. The van der Waals surface area contributed by atoms with Crippen LogP contribution in [0, 0.1) is 37.5 Å². The molecule has 0 aliphatic carbocycles. The van der Waals surface area contributed by atoms with Crippen LogP contribution in [0.2, 0.25) is 0 Å². The minimum Gasteiger partial charge on any atom is -0.487 e. The highest BCUT2D eigenvalue weighted by atomic mass is 19.2. The van der Waals surface area contributed by atoms with Gasteiger partial charge in [0.2, 0.25) is 5.75 Å². The molecule has 0 atom stereocenters. The number of pyridine rings is 2. The smallest absolute Gasteiger partial charge is 0.487 e. The van der Waals surface area contributed by atoms with E-state index in [4.69, 9.17) is 56.8 Å². The molecule has 0 amide bonds. The van der Waals surface area contributed by atoms with E-state index in [-0.39, 0.29) is 68.3 Å². The molecule has 2 aliphatic heterocycles. The Hall–Kier alpha value is -5.97. The molecule has 0 saturated carbocycles. The number of rotatable bonds is 31. The summed E-state index contributed by atoms with van der Waals surface area (Å²) in [7, 11) is 4.84. The van der Waals surface area contributed by atoms with Gasteiger partial charge < -0.3 is 74.4 Å². The molecule has 0 bridgehead atoms. The maximum absolute atomic E-state index is 17.9. The van der Waals surface area contributed by atoms with Gasteiger partial charge in [-0.25, -0.2) is 0 Å². The largest absolute Gasteiger partial charge is 0.737 e. The molecule has 16 nitrogen and oxygen atoms in total. The van der Waals surface area contributed by atoms with Crippen LogP contribution in [-0.2, 0) is 42.6 Å². The zero-order valence-electron chi connectivity index (χ0n) is 43.0. The Morgan fingerprint density at radius 3 is 1.45 bits per heavy atom. The molecule has 392 valence electrons. The van der Waals surface area contributed by atoms with Crippen molar-refractivity contribution in [1.29, 1.82) is 0 Å². The zero-order chi connectivity index (χ0) is 51.8. The molecule has 0 spiro atoms. The van der Waals surface area contributed by atoms with Crippen molar-refractivity contribution < 1.29 is 70.0 Å². The van der Waals surface area contributed by atoms with Crippen LogP contribution in [0.4, 0.5) is 8.63 Å². The summed E-state index contributed by atoms with van der Waals surface area (Å²) < 4.78 is 107. The minimum atomic E-state index is -4.52. The summed E-state index contributed by atoms with van der Waals surface area (Å²) in [6, 6.07) is 10.8. The SMILES string of the molecule is COCCOCCOCCOc1cc(C2=C3C(C)=C(C#Cc4cccnc4)C(C)=[N+]3[B-](F)(F)n3c(C)c(C#Cc4cccnc4)c(C)c32)cc(OCCOCCOCCOC)c1OCCOCCOCCOC. The van der Waals surface area contributed by atoms with Crippen molar-refractivity contribution in [2.75, 3.05) is 140 Å². The lowest BCUT2D eigenvalue weighted by molar-refractivity contribution is -0.363. The Labute approximate surface area is 427 Å². The Kier molecular flexibility index (Phi) is 22.9. The number of methoxy groups -OCH3 is 3. The first-order chi connectivity index (χ1) is 35.6. The van der Waals surface area contributed by atoms with Gasteiger partial charge in [0.05, 0.1) is 110 Å². The van der Waals surface area contributed by atoms with Gasteiger partial charge in [0.1, 0.15) is 25.5 Å². The normalized spacial score (nSPS) is 13.7. The molecule has 5 heterocycles. The van der Waals surface area contributed by atoms with Crippen LogP contribution in [0.15, 0.2) is 78.0 Å². The molecule has 2 aliphatic rings. The molecule has 3 aromatic heterocycles. The van der Waals surface area contributed by atoms with E-state index in [0.717, 1.165) is 8.96 Å². The van der Waals surface area contributed by atoms with E-state index in [1.54, 1.807) is 84.2 Å². The van der Waals surface area contributed by atoms with E-state index in [1.807, 2.05) is 26.0 Å². The number of nitrogens with zero attached hydrogens (tertiary/aromatic N) is 4. The first-order valence-corrected chi connectivity index (χ1v) is 24.3. The fraction of sp³-hybridized carbons (Fsp3) is 0.463. The van der Waals surface area contributed by atoms with Gasteiger partial charge in [-0.05, 0) is 68.3 Å². The number of ether oxygens (including phenoxy) is 12. The molecule has 0 fully saturated rings. The summed E-state index contributed by atoms with van der Waals surface area (Å²) >= 11 is 0. The lowest BCUT2D eigenvalue weighted by Gasteiger charge is -2.34. The number of halogens is 2. The van der Waals surface area contributed by atoms with Gasteiger partial charge in [0.15, 0.2) is 17.2 Å². The summed E-state index contributed by atoms with van der Waals surface area (Å²) in [5.74, 6) is 13.6. The van der Waals surface area contributed by atoms with Crippen LogP contribution in [0.5, 0.6) is 17.2 Å². The number of aromatic nitrogens is 3. The summed E-state index contributed by atoms with van der Waals surface area (Å²) in [6.45, 7) is 8.26. The summed E-state index contributed by atoms with van der Waals surface area (Å²) in [4.78, 5) is 8.40. The predicted octanol–water partition coefficient (Wildman–Crippen LogP) is 6.32. The lowest BCUT2D eigenvalue weighted by Crippen LogP contribution is -2.51. The quantitative estimate of drug-likeness (QED) is 0.0315. The third-order valence-electron chi connectivity index (χ3n) is 11.6. The molecular weight excluding hydrogens is 945 g/mol. The molecule has 6 rings (SSSR count). The number of fused-ring (bicyclic) bond motifs is 2. The van der Waals surface area contributed by atoms with E-state index in [9.17, 15) is 0 Å². The van der Waals surface area contributed by atoms with Crippen LogP contribution in [-0.4, -0.2) is 172 Å². The highest BCUT2D eigenvalue weighted by molar-refractivity contribution is 6.58. The molecule has 1 aromatic carbocycles. The fourth-order valence-electron chi connectivity index (χ4n) is 8.22. The molecule has 19 heteroatoms. The second-order valence-corrected chi connectivity index (χ2v) is 16.6. The monoisotopic (exact) mass is 1010 g/mol. The Bertz CT molecular complexity index is 2600. The summed E-state index contributed by atoms with van der Waals surface area (Å²) in [5, 5.41) is 0. The standard InChI is InChI=1S/C54H67BF2N4O12/c1-40-47(14-12-44-10-8-16-58-38-44)42(3)60-52(40)51(53-41(2)48(43(4)61(53)55(60,56)57)15-13-45-11-9-17-59-39-45)46-36-49(71-33-30-68-27-24-65-21-18-62-5)54(73-35-32-70-29-26-67-23-20-64-7)50(37-46)72-34-31-69-28-25-66-22-19-63-6/h8-11,16-17,36-39H,18-35H2,1-7H3. The maximum Gasteiger partial charge on any atom is 0.737 e. The summed E-state index contributed by atoms with van der Waals surface area (Å²) in [6.07, 6.45) is 6.58. The second-order valence-electron chi connectivity index (χ2n) is 16.6. The number of benzene rings is 1.